The number of rotatable bonds is 5. The van der Waals surface area contributed by atoms with E-state index < -0.39 is 11.9 Å². The van der Waals surface area contributed by atoms with E-state index in [1.807, 2.05) is 44.2 Å². The predicted octanol–water partition coefficient (Wildman–Crippen LogP) is 1.69. The average molecular weight is 292 g/mol. The van der Waals surface area contributed by atoms with Gasteiger partial charge in [0, 0.05) is 0 Å². The molecule has 0 saturated carbocycles. The summed E-state index contributed by atoms with van der Waals surface area (Å²) in [5, 5.41) is 0. The number of hydrogen-bond acceptors (Lipinski definition) is 5. The zero-order valence-electron chi connectivity index (χ0n) is 12.2. The first-order valence-electron chi connectivity index (χ1n) is 7.17. The van der Waals surface area contributed by atoms with Crippen LogP contribution in [0, 0.1) is 0 Å². The van der Waals surface area contributed by atoms with Gasteiger partial charge >= 0.3 is 0 Å². The van der Waals surface area contributed by atoms with Crippen molar-refractivity contribution in [3.8, 4) is 0 Å². The standard InChI is InChI=1S/C16H20O5/c1-16(2)20-14-12(8-17)19-13(15(14)21-16)10-18-9-11-6-4-3-5-7-11/h3-8,12-15H,9-10H2,1-2H3/t12-,13+,14-,15+/m0/s1. The lowest BCUT2D eigenvalue weighted by atomic mass is 10.1. The Kier molecular flexibility index (Phi) is 4.08. The van der Waals surface area contributed by atoms with Crippen LogP contribution in [0.2, 0.25) is 0 Å². The maximum Gasteiger partial charge on any atom is 0.164 e. The maximum atomic E-state index is 11.1. The lowest BCUT2D eigenvalue weighted by Gasteiger charge is -2.22. The maximum absolute atomic E-state index is 11.1. The van der Waals surface area contributed by atoms with Gasteiger partial charge in [0.25, 0.3) is 0 Å². The Morgan fingerprint density at radius 1 is 1.19 bits per heavy atom. The summed E-state index contributed by atoms with van der Waals surface area (Å²) in [5.41, 5.74) is 1.10. The van der Waals surface area contributed by atoms with Crippen LogP contribution in [0.5, 0.6) is 0 Å². The summed E-state index contributed by atoms with van der Waals surface area (Å²) in [6.45, 7) is 4.57. The van der Waals surface area contributed by atoms with E-state index in [1.165, 1.54) is 0 Å². The molecule has 4 atom stereocenters. The van der Waals surface area contributed by atoms with Gasteiger partial charge in [-0.2, -0.15) is 0 Å². The van der Waals surface area contributed by atoms with Gasteiger partial charge in [-0.1, -0.05) is 30.3 Å². The van der Waals surface area contributed by atoms with Crippen LogP contribution >= 0.6 is 0 Å². The molecule has 114 valence electrons. The summed E-state index contributed by atoms with van der Waals surface area (Å²) in [4.78, 5) is 11.1. The van der Waals surface area contributed by atoms with Crippen molar-refractivity contribution in [2.24, 2.45) is 0 Å². The molecule has 0 unspecified atom stereocenters. The molecule has 2 aliphatic heterocycles. The average Bonchev–Trinajstić information content (AvgIpc) is 2.94. The summed E-state index contributed by atoms with van der Waals surface area (Å²) in [5.74, 6) is -0.682. The fraction of sp³-hybridized carbons (Fsp3) is 0.562. The molecule has 0 spiro atoms. The molecule has 0 N–H and O–H groups in total. The van der Waals surface area contributed by atoms with Crippen LogP contribution in [-0.4, -0.2) is 43.1 Å². The largest absolute Gasteiger partial charge is 0.374 e. The third-order valence-corrected chi connectivity index (χ3v) is 3.71. The SMILES string of the molecule is CC1(C)O[C@@H]2[C@H](O1)[C@@H](COCc1ccccc1)O[C@H]2C=O. The number of aldehydes is 1. The van der Waals surface area contributed by atoms with Gasteiger partial charge in [0.2, 0.25) is 0 Å². The molecule has 2 heterocycles. The van der Waals surface area contributed by atoms with Crippen molar-refractivity contribution in [1.82, 2.24) is 0 Å². The van der Waals surface area contributed by atoms with E-state index in [0.29, 0.717) is 13.2 Å². The third-order valence-electron chi connectivity index (χ3n) is 3.71. The molecule has 0 radical (unpaired) electrons. The van der Waals surface area contributed by atoms with E-state index >= 15 is 0 Å². The minimum Gasteiger partial charge on any atom is -0.374 e. The number of benzene rings is 1. The van der Waals surface area contributed by atoms with Crippen LogP contribution in [0.3, 0.4) is 0 Å². The minimum atomic E-state index is -0.682. The first-order valence-corrected chi connectivity index (χ1v) is 7.17. The molecule has 0 aromatic heterocycles. The molecular formula is C16H20O5. The molecule has 21 heavy (non-hydrogen) atoms. The second-order valence-electron chi connectivity index (χ2n) is 5.84. The molecule has 1 aromatic carbocycles. The van der Waals surface area contributed by atoms with Gasteiger partial charge < -0.3 is 23.7 Å². The van der Waals surface area contributed by atoms with Gasteiger partial charge in [0.05, 0.1) is 13.2 Å². The minimum absolute atomic E-state index is 0.258. The quantitative estimate of drug-likeness (QED) is 0.773. The number of ether oxygens (including phenoxy) is 4. The fourth-order valence-electron chi connectivity index (χ4n) is 2.83. The van der Waals surface area contributed by atoms with Crippen molar-refractivity contribution in [2.45, 2.75) is 50.7 Å². The van der Waals surface area contributed by atoms with Gasteiger partial charge in [-0.05, 0) is 19.4 Å². The number of carbonyl (C=O) groups excluding carboxylic acids is 1. The molecular weight excluding hydrogens is 272 g/mol. The Morgan fingerprint density at radius 2 is 1.90 bits per heavy atom. The summed E-state index contributed by atoms with van der Waals surface area (Å²) in [7, 11) is 0. The monoisotopic (exact) mass is 292 g/mol. The van der Waals surface area contributed by atoms with Gasteiger partial charge in [-0.3, -0.25) is 0 Å². The lowest BCUT2D eigenvalue weighted by molar-refractivity contribution is -0.190. The van der Waals surface area contributed by atoms with Crippen molar-refractivity contribution in [2.75, 3.05) is 6.61 Å². The van der Waals surface area contributed by atoms with E-state index in [4.69, 9.17) is 18.9 Å². The topological polar surface area (TPSA) is 54.0 Å². The van der Waals surface area contributed by atoms with Gasteiger partial charge in [-0.25, -0.2) is 0 Å². The van der Waals surface area contributed by atoms with Crippen LogP contribution in [-0.2, 0) is 30.3 Å². The van der Waals surface area contributed by atoms with Gasteiger partial charge in [-0.15, -0.1) is 0 Å². The molecule has 0 amide bonds. The van der Waals surface area contributed by atoms with E-state index in [0.717, 1.165) is 11.8 Å². The van der Waals surface area contributed by atoms with Crippen molar-refractivity contribution < 1.29 is 23.7 Å². The molecule has 2 fully saturated rings. The number of carbonyl (C=O) groups is 1. The van der Waals surface area contributed by atoms with E-state index in [2.05, 4.69) is 0 Å². The molecule has 5 nitrogen and oxygen atoms in total. The van der Waals surface area contributed by atoms with Crippen LogP contribution < -0.4 is 0 Å². The Balaban J connectivity index is 1.57. The second kappa shape index (κ2) is 5.85. The Bertz CT molecular complexity index is 487. The summed E-state index contributed by atoms with van der Waals surface area (Å²) < 4.78 is 22.9. The number of fused-ring (bicyclic) bond motifs is 1. The van der Waals surface area contributed by atoms with E-state index in [9.17, 15) is 4.79 Å². The molecule has 5 heteroatoms. The van der Waals surface area contributed by atoms with Crippen LogP contribution in [0.1, 0.15) is 19.4 Å². The Morgan fingerprint density at radius 3 is 2.62 bits per heavy atom. The highest BCUT2D eigenvalue weighted by Gasteiger charge is 2.55. The normalized spacial score (nSPS) is 33.8. The Hall–Kier alpha value is -1.27. The smallest absolute Gasteiger partial charge is 0.164 e. The van der Waals surface area contributed by atoms with Crippen LogP contribution in [0.15, 0.2) is 30.3 Å². The third kappa shape index (κ3) is 3.16. The molecule has 2 saturated heterocycles. The highest BCUT2D eigenvalue weighted by molar-refractivity contribution is 5.58. The molecule has 3 rings (SSSR count). The summed E-state index contributed by atoms with van der Waals surface area (Å²) >= 11 is 0. The molecule has 1 aromatic rings. The summed E-state index contributed by atoms with van der Waals surface area (Å²) in [6.07, 6.45) is -0.689. The van der Waals surface area contributed by atoms with Crippen molar-refractivity contribution >= 4 is 6.29 Å². The predicted molar refractivity (Wildman–Crippen MR) is 74.6 cm³/mol. The van der Waals surface area contributed by atoms with Gasteiger partial charge in [0.1, 0.15) is 24.4 Å². The van der Waals surface area contributed by atoms with Crippen molar-refractivity contribution in [3.63, 3.8) is 0 Å². The summed E-state index contributed by atoms with van der Waals surface area (Å²) in [6, 6.07) is 9.92. The van der Waals surface area contributed by atoms with Crippen molar-refractivity contribution in [3.05, 3.63) is 35.9 Å². The zero-order chi connectivity index (χ0) is 14.9. The highest BCUT2D eigenvalue weighted by Crippen LogP contribution is 2.38. The van der Waals surface area contributed by atoms with E-state index in [1.54, 1.807) is 0 Å². The first-order chi connectivity index (χ1) is 10.1. The highest BCUT2D eigenvalue weighted by atomic mass is 16.8. The first kappa shape index (κ1) is 14.7. The van der Waals surface area contributed by atoms with Crippen LogP contribution in [0.25, 0.3) is 0 Å². The Labute approximate surface area is 124 Å². The fourth-order valence-corrected chi connectivity index (χ4v) is 2.83. The molecule has 0 aliphatic carbocycles. The molecule has 0 bridgehead atoms. The second-order valence-corrected chi connectivity index (χ2v) is 5.84. The molecule has 2 aliphatic rings. The zero-order valence-corrected chi connectivity index (χ0v) is 12.2. The van der Waals surface area contributed by atoms with Gasteiger partial charge in [0.15, 0.2) is 12.1 Å². The van der Waals surface area contributed by atoms with Crippen molar-refractivity contribution in [1.29, 1.82) is 0 Å². The lowest BCUT2D eigenvalue weighted by Crippen LogP contribution is -2.32. The van der Waals surface area contributed by atoms with Crippen LogP contribution in [0.4, 0.5) is 0 Å². The number of hydrogen-bond donors (Lipinski definition) is 0. The van der Waals surface area contributed by atoms with E-state index in [-0.39, 0.29) is 18.3 Å².